The fraction of sp³-hybridized carbons (Fsp3) is 0.444. The second-order valence-corrected chi connectivity index (χ2v) is 2.81. The molecule has 1 amide bonds. The predicted molar refractivity (Wildman–Crippen MR) is 47.1 cm³/mol. The zero-order valence-corrected chi connectivity index (χ0v) is 6.79. The van der Waals surface area contributed by atoms with E-state index in [9.17, 15) is 4.79 Å². The SMILES string of the molecule is C#CCNC(=O)C1C=CC(N)C1. The summed E-state index contributed by atoms with van der Waals surface area (Å²) in [5, 5.41) is 2.61. The molecule has 0 spiro atoms. The van der Waals surface area contributed by atoms with Crippen molar-refractivity contribution in [1.29, 1.82) is 0 Å². The van der Waals surface area contributed by atoms with Gasteiger partial charge in [0.05, 0.1) is 12.5 Å². The number of rotatable bonds is 2. The van der Waals surface area contributed by atoms with Crippen molar-refractivity contribution < 1.29 is 4.79 Å². The Morgan fingerprint density at radius 3 is 3.00 bits per heavy atom. The van der Waals surface area contributed by atoms with E-state index in [-0.39, 0.29) is 17.9 Å². The average molecular weight is 164 g/mol. The van der Waals surface area contributed by atoms with Gasteiger partial charge in [-0.3, -0.25) is 4.79 Å². The zero-order chi connectivity index (χ0) is 8.97. The van der Waals surface area contributed by atoms with Gasteiger partial charge in [0.2, 0.25) is 5.91 Å². The third kappa shape index (κ3) is 2.11. The predicted octanol–water partition coefficient (Wildman–Crippen LogP) is -0.361. The van der Waals surface area contributed by atoms with Gasteiger partial charge in [-0.2, -0.15) is 0 Å². The summed E-state index contributed by atoms with van der Waals surface area (Å²) >= 11 is 0. The van der Waals surface area contributed by atoms with Gasteiger partial charge in [0, 0.05) is 6.04 Å². The Hall–Kier alpha value is -1.27. The molecule has 2 unspecified atom stereocenters. The number of hydrogen-bond donors (Lipinski definition) is 2. The second-order valence-electron chi connectivity index (χ2n) is 2.81. The Morgan fingerprint density at radius 2 is 2.50 bits per heavy atom. The number of nitrogens with one attached hydrogen (secondary N) is 1. The van der Waals surface area contributed by atoms with Crippen molar-refractivity contribution in [2.24, 2.45) is 11.7 Å². The van der Waals surface area contributed by atoms with Gasteiger partial charge in [0.1, 0.15) is 0 Å². The van der Waals surface area contributed by atoms with Crippen LogP contribution in [0.4, 0.5) is 0 Å². The highest BCUT2D eigenvalue weighted by atomic mass is 16.1. The zero-order valence-electron chi connectivity index (χ0n) is 6.79. The molecule has 0 fully saturated rings. The summed E-state index contributed by atoms with van der Waals surface area (Å²) < 4.78 is 0. The van der Waals surface area contributed by atoms with E-state index < -0.39 is 0 Å². The van der Waals surface area contributed by atoms with E-state index in [1.807, 2.05) is 12.2 Å². The minimum atomic E-state index is -0.0895. The molecular formula is C9H12N2O. The summed E-state index contributed by atoms with van der Waals surface area (Å²) in [6.45, 7) is 0.290. The summed E-state index contributed by atoms with van der Waals surface area (Å²) in [4.78, 5) is 11.2. The van der Waals surface area contributed by atoms with Crippen molar-refractivity contribution in [3.8, 4) is 12.3 Å². The fourth-order valence-corrected chi connectivity index (χ4v) is 1.19. The number of hydrogen-bond acceptors (Lipinski definition) is 2. The van der Waals surface area contributed by atoms with Gasteiger partial charge in [-0.1, -0.05) is 18.1 Å². The van der Waals surface area contributed by atoms with Crippen molar-refractivity contribution in [2.45, 2.75) is 12.5 Å². The van der Waals surface area contributed by atoms with Crippen LogP contribution in [-0.2, 0) is 4.79 Å². The smallest absolute Gasteiger partial charge is 0.227 e. The maximum absolute atomic E-state index is 11.2. The van der Waals surface area contributed by atoms with Gasteiger partial charge >= 0.3 is 0 Å². The summed E-state index contributed by atoms with van der Waals surface area (Å²) in [7, 11) is 0. The first kappa shape index (κ1) is 8.82. The Morgan fingerprint density at radius 1 is 1.75 bits per heavy atom. The van der Waals surface area contributed by atoms with Gasteiger partial charge in [0.15, 0.2) is 0 Å². The van der Waals surface area contributed by atoms with Gasteiger partial charge in [0.25, 0.3) is 0 Å². The summed E-state index contributed by atoms with van der Waals surface area (Å²) in [5.74, 6) is 2.23. The normalized spacial score (nSPS) is 26.7. The largest absolute Gasteiger partial charge is 0.345 e. The van der Waals surface area contributed by atoms with Crippen LogP contribution < -0.4 is 11.1 Å². The highest BCUT2D eigenvalue weighted by Crippen LogP contribution is 2.15. The van der Waals surface area contributed by atoms with Crippen LogP contribution in [0.5, 0.6) is 0 Å². The van der Waals surface area contributed by atoms with E-state index in [0.717, 1.165) is 0 Å². The summed E-state index contributed by atoms with van der Waals surface area (Å²) in [6.07, 6.45) is 9.36. The van der Waals surface area contributed by atoms with E-state index >= 15 is 0 Å². The van der Waals surface area contributed by atoms with Gasteiger partial charge in [-0.25, -0.2) is 0 Å². The van der Waals surface area contributed by atoms with Gasteiger partial charge < -0.3 is 11.1 Å². The number of terminal acetylenes is 1. The standard InChI is InChI=1S/C9H12N2O/c1-2-5-11-9(12)7-3-4-8(10)6-7/h1,3-4,7-8H,5-6,10H2,(H,11,12). The number of carbonyl (C=O) groups is 1. The van der Waals surface area contributed by atoms with Crippen molar-refractivity contribution >= 4 is 5.91 Å². The molecule has 1 rings (SSSR count). The molecule has 0 aromatic rings. The summed E-state index contributed by atoms with van der Waals surface area (Å²) in [6, 6.07) is 0.0200. The molecule has 0 aromatic carbocycles. The molecule has 3 nitrogen and oxygen atoms in total. The molecule has 0 saturated heterocycles. The maximum Gasteiger partial charge on any atom is 0.227 e. The third-order valence-corrected chi connectivity index (χ3v) is 1.82. The number of carbonyl (C=O) groups excluding carboxylic acids is 1. The van der Waals surface area contributed by atoms with Gasteiger partial charge in [-0.15, -0.1) is 6.42 Å². The molecule has 1 aliphatic carbocycles. The lowest BCUT2D eigenvalue weighted by Crippen LogP contribution is -2.30. The molecule has 0 bridgehead atoms. The van der Waals surface area contributed by atoms with Crippen molar-refractivity contribution in [3.05, 3.63) is 12.2 Å². The van der Waals surface area contributed by atoms with E-state index in [1.54, 1.807) is 0 Å². The van der Waals surface area contributed by atoms with Crippen molar-refractivity contribution in [2.75, 3.05) is 6.54 Å². The molecule has 3 N–H and O–H groups in total. The topological polar surface area (TPSA) is 55.1 Å². The molecule has 1 aliphatic rings. The number of amides is 1. The van der Waals surface area contributed by atoms with Crippen LogP contribution in [0, 0.1) is 18.3 Å². The molecule has 0 heterocycles. The lowest BCUT2D eigenvalue weighted by Gasteiger charge is -2.07. The Bertz CT molecular complexity index is 239. The van der Waals surface area contributed by atoms with E-state index in [0.29, 0.717) is 13.0 Å². The monoisotopic (exact) mass is 164 g/mol. The highest BCUT2D eigenvalue weighted by molar-refractivity contribution is 5.81. The van der Waals surface area contributed by atoms with E-state index in [1.165, 1.54) is 0 Å². The van der Waals surface area contributed by atoms with Crippen LogP contribution in [0.3, 0.4) is 0 Å². The minimum Gasteiger partial charge on any atom is -0.345 e. The molecule has 3 heteroatoms. The molecular weight excluding hydrogens is 152 g/mol. The Labute approximate surface area is 72.0 Å². The van der Waals surface area contributed by atoms with Crippen LogP contribution >= 0.6 is 0 Å². The quantitative estimate of drug-likeness (QED) is 0.432. The third-order valence-electron chi connectivity index (χ3n) is 1.82. The van der Waals surface area contributed by atoms with Crippen molar-refractivity contribution in [1.82, 2.24) is 5.32 Å². The highest BCUT2D eigenvalue weighted by Gasteiger charge is 2.21. The molecule has 0 radical (unpaired) electrons. The first-order valence-electron chi connectivity index (χ1n) is 3.89. The molecule has 0 saturated carbocycles. The van der Waals surface area contributed by atoms with Crippen LogP contribution in [0.15, 0.2) is 12.2 Å². The van der Waals surface area contributed by atoms with Crippen molar-refractivity contribution in [3.63, 3.8) is 0 Å². The van der Waals surface area contributed by atoms with Crippen LogP contribution in [0.1, 0.15) is 6.42 Å². The number of nitrogens with two attached hydrogens (primary N) is 1. The molecule has 0 aromatic heterocycles. The Kier molecular flexibility index (Phi) is 2.89. The second kappa shape index (κ2) is 3.93. The molecule has 12 heavy (non-hydrogen) atoms. The lowest BCUT2D eigenvalue weighted by molar-refractivity contribution is -0.123. The van der Waals surface area contributed by atoms with Crippen LogP contribution in [-0.4, -0.2) is 18.5 Å². The molecule has 0 aliphatic heterocycles. The van der Waals surface area contributed by atoms with Gasteiger partial charge in [-0.05, 0) is 6.42 Å². The summed E-state index contributed by atoms with van der Waals surface area (Å²) in [5.41, 5.74) is 5.58. The first-order valence-corrected chi connectivity index (χ1v) is 3.89. The van der Waals surface area contributed by atoms with E-state index in [2.05, 4.69) is 11.2 Å². The fourth-order valence-electron chi connectivity index (χ4n) is 1.19. The Balaban J connectivity index is 2.35. The molecule has 64 valence electrons. The van der Waals surface area contributed by atoms with Crippen LogP contribution in [0.2, 0.25) is 0 Å². The van der Waals surface area contributed by atoms with Crippen LogP contribution in [0.25, 0.3) is 0 Å². The minimum absolute atomic E-state index is 0.0200. The lowest BCUT2D eigenvalue weighted by atomic mass is 10.1. The first-order chi connectivity index (χ1) is 5.74. The maximum atomic E-state index is 11.2. The van der Waals surface area contributed by atoms with E-state index in [4.69, 9.17) is 12.2 Å². The molecule has 2 atom stereocenters. The average Bonchev–Trinajstić information content (AvgIpc) is 2.47.